The molecule has 0 saturated carbocycles. The summed E-state index contributed by atoms with van der Waals surface area (Å²) in [5.74, 6) is -1.85. The molecule has 1 unspecified atom stereocenters. The summed E-state index contributed by atoms with van der Waals surface area (Å²) in [5.41, 5.74) is 0.819. The fourth-order valence-corrected chi connectivity index (χ4v) is 2.29. The number of halogens is 4. The molecule has 2 rings (SSSR count). The van der Waals surface area contributed by atoms with Crippen LogP contribution in [-0.2, 0) is 4.79 Å². The molecule has 8 heteroatoms. The zero-order valence-electron chi connectivity index (χ0n) is 11.3. The molecule has 0 aliphatic rings. The van der Waals surface area contributed by atoms with Crippen LogP contribution in [0.5, 0.6) is 5.75 Å². The number of carboxylic acid groups (broad SMARTS) is 1. The van der Waals surface area contributed by atoms with E-state index in [4.69, 9.17) is 16.7 Å². The fourth-order valence-electron chi connectivity index (χ4n) is 1.95. The second-order valence-electron chi connectivity index (χ2n) is 4.52. The summed E-state index contributed by atoms with van der Waals surface area (Å²) < 4.78 is 40.1. The van der Waals surface area contributed by atoms with Gasteiger partial charge in [-0.3, -0.25) is 0 Å². The van der Waals surface area contributed by atoms with Gasteiger partial charge in [-0.1, -0.05) is 41.9 Å². The topological polar surface area (TPSA) is 66.8 Å². The number of ether oxygens (including phenoxy) is 1. The highest BCUT2D eigenvalue weighted by molar-refractivity contribution is 6.34. The van der Waals surface area contributed by atoms with Crippen molar-refractivity contribution in [3.05, 3.63) is 53.1 Å². The number of hydrogen-bond donors (Lipinski definition) is 2. The summed E-state index contributed by atoms with van der Waals surface area (Å²) in [5, 5.41) is 18.4. The lowest BCUT2D eigenvalue weighted by Gasteiger charge is -2.13. The first-order valence-electron chi connectivity index (χ1n) is 6.24. The van der Waals surface area contributed by atoms with Crippen molar-refractivity contribution in [1.82, 2.24) is 0 Å². The van der Waals surface area contributed by atoms with Crippen molar-refractivity contribution >= 4 is 17.6 Å². The van der Waals surface area contributed by atoms with E-state index in [1.807, 2.05) is 0 Å². The fraction of sp³-hybridized carbons (Fsp3) is 0.133. The maximum atomic E-state index is 12.1. The van der Waals surface area contributed by atoms with Gasteiger partial charge in [-0.2, -0.15) is 0 Å². The molecule has 0 heterocycles. The van der Waals surface area contributed by atoms with Crippen LogP contribution in [0.2, 0.25) is 5.02 Å². The number of alkyl halides is 3. The van der Waals surface area contributed by atoms with Crippen molar-refractivity contribution < 1.29 is 32.9 Å². The van der Waals surface area contributed by atoms with Gasteiger partial charge in [0.15, 0.2) is 6.10 Å². The minimum atomic E-state index is -4.79. The highest BCUT2D eigenvalue weighted by Gasteiger charge is 2.31. The molecule has 0 fully saturated rings. The Balaban J connectivity index is 2.36. The highest BCUT2D eigenvalue weighted by atomic mass is 35.5. The number of aliphatic hydroxyl groups is 1. The zero-order valence-corrected chi connectivity index (χ0v) is 12.1. The second kappa shape index (κ2) is 6.47. The third-order valence-electron chi connectivity index (χ3n) is 2.96. The largest absolute Gasteiger partial charge is 0.573 e. The number of carbonyl (C=O) groups is 1. The number of rotatable bonds is 4. The van der Waals surface area contributed by atoms with Gasteiger partial charge >= 0.3 is 12.3 Å². The van der Waals surface area contributed by atoms with Crippen LogP contribution in [0.1, 0.15) is 11.7 Å². The molecule has 4 nitrogen and oxygen atoms in total. The first-order chi connectivity index (χ1) is 10.7. The van der Waals surface area contributed by atoms with E-state index in [1.165, 1.54) is 24.3 Å². The smallest absolute Gasteiger partial charge is 0.479 e. The minimum Gasteiger partial charge on any atom is -0.479 e. The van der Waals surface area contributed by atoms with Gasteiger partial charge < -0.3 is 14.9 Å². The van der Waals surface area contributed by atoms with Crippen LogP contribution in [0.3, 0.4) is 0 Å². The van der Waals surface area contributed by atoms with E-state index >= 15 is 0 Å². The molecule has 0 amide bonds. The maximum Gasteiger partial charge on any atom is 0.573 e. The SMILES string of the molecule is O=C(O)C(O)c1cccc(-c2ccc(OC(F)(F)F)cc2)c1Cl. The van der Waals surface area contributed by atoms with Gasteiger partial charge in [0.05, 0.1) is 5.02 Å². The maximum absolute atomic E-state index is 12.1. The molecule has 2 N–H and O–H groups in total. The molecule has 0 aliphatic carbocycles. The van der Waals surface area contributed by atoms with Gasteiger partial charge in [0.1, 0.15) is 5.75 Å². The van der Waals surface area contributed by atoms with Crippen LogP contribution in [0.4, 0.5) is 13.2 Å². The van der Waals surface area contributed by atoms with Crippen LogP contribution in [0, 0.1) is 0 Å². The molecule has 0 saturated heterocycles. The van der Waals surface area contributed by atoms with Crippen LogP contribution in [0.25, 0.3) is 11.1 Å². The van der Waals surface area contributed by atoms with E-state index < -0.39 is 18.4 Å². The van der Waals surface area contributed by atoms with Crippen molar-refractivity contribution in [2.24, 2.45) is 0 Å². The van der Waals surface area contributed by atoms with Crippen molar-refractivity contribution in [1.29, 1.82) is 0 Å². The van der Waals surface area contributed by atoms with E-state index in [2.05, 4.69) is 4.74 Å². The summed E-state index contributed by atoms with van der Waals surface area (Å²) in [6, 6.07) is 9.31. The van der Waals surface area contributed by atoms with Crippen LogP contribution in [-0.4, -0.2) is 22.5 Å². The number of carboxylic acids is 1. The van der Waals surface area contributed by atoms with Gasteiger partial charge in [0.25, 0.3) is 0 Å². The summed E-state index contributed by atoms with van der Waals surface area (Å²) in [6.45, 7) is 0. The van der Waals surface area contributed by atoms with Gasteiger partial charge in [-0.15, -0.1) is 13.2 Å². The van der Waals surface area contributed by atoms with Crippen molar-refractivity contribution in [2.75, 3.05) is 0 Å². The molecular weight excluding hydrogens is 337 g/mol. The lowest BCUT2D eigenvalue weighted by molar-refractivity contribution is -0.274. The number of aliphatic hydroxyl groups excluding tert-OH is 1. The molecule has 0 bridgehead atoms. The molecule has 0 radical (unpaired) electrons. The lowest BCUT2D eigenvalue weighted by Crippen LogP contribution is -2.16. The summed E-state index contributed by atoms with van der Waals surface area (Å²) in [6.07, 6.45) is -6.58. The average molecular weight is 347 g/mol. The predicted octanol–water partition coefficient (Wildman–Crippen LogP) is 4.02. The summed E-state index contributed by atoms with van der Waals surface area (Å²) in [7, 11) is 0. The Bertz CT molecular complexity index is 714. The van der Waals surface area contributed by atoms with E-state index in [0.29, 0.717) is 11.1 Å². The number of hydrogen-bond acceptors (Lipinski definition) is 3. The van der Waals surface area contributed by atoms with Gasteiger partial charge in [-0.05, 0) is 17.7 Å². The normalized spacial score (nSPS) is 12.7. The van der Waals surface area contributed by atoms with E-state index in [9.17, 15) is 23.1 Å². The monoisotopic (exact) mass is 346 g/mol. The van der Waals surface area contributed by atoms with Crippen LogP contribution >= 0.6 is 11.6 Å². The van der Waals surface area contributed by atoms with Crippen LogP contribution in [0.15, 0.2) is 42.5 Å². The summed E-state index contributed by atoms with van der Waals surface area (Å²) >= 11 is 6.09. The van der Waals surface area contributed by atoms with Crippen LogP contribution < -0.4 is 4.74 Å². The number of aliphatic carboxylic acids is 1. The standard InChI is InChI=1S/C15H10ClF3O4/c16-12-10(2-1-3-11(12)13(20)14(21)22)8-4-6-9(7-5-8)23-15(17,18)19/h1-7,13,20H,(H,21,22). The van der Waals surface area contributed by atoms with Gasteiger partial charge in [-0.25, -0.2) is 4.79 Å². The first kappa shape index (κ1) is 17.1. The molecule has 0 aromatic heterocycles. The summed E-state index contributed by atoms with van der Waals surface area (Å²) in [4.78, 5) is 10.8. The Labute approximate surface area is 133 Å². The molecule has 2 aromatic carbocycles. The highest BCUT2D eigenvalue weighted by Crippen LogP contribution is 2.35. The Hall–Kier alpha value is -2.25. The molecule has 2 aromatic rings. The van der Waals surface area contributed by atoms with Gasteiger partial charge in [0, 0.05) is 11.1 Å². The van der Waals surface area contributed by atoms with Gasteiger partial charge in [0.2, 0.25) is 0 Å². The van der Waals surface area contributed by atoms with Crippen molar-refractivity contribution in [2.45, 2.75) is 12.5 Å². The Morgan fingerprint density at radius 3 is 2.26 bits per heavy atom. The third kappa shape index (κ3) is 4.14. The first-order valence-corrected chi connectivity index (χ1v) is 6.62. The minimum absolute atomic E-state index is 0.00638. The Kier molecular flexibility index (Phi) is 4.82. The predicted molar refractivity (Wildman–Crippen MR) is 76.2 cm³/mol. The third-order valence-corrected chi connectivity index (χ3v) is 3.38. The van der Waals surface area contributed by atoms with Crippen molar-refractivity contribution in [3.8, 4) is 16.9 Å². The molecular formula is C15H10ClF3O4. The molecule has 122 valence electrons. The average Bonchev–Trinajstić information content (AvgIpc) is 2.46. The van der Waals surface area contributed by atoms with E-state index in [-0.39, 0.29) is 16.3 Å². The number of benzene rings is 2. The lowest BCUT2D eigenvalue weighted by atomic mass is 10.0. The van der Waals surface area contributed by atoms with Crippen molar-refractivity contribution in [3.63, 3.8) is 0 Å². The molecule has 23 heavy (non-hydrogen) atoms. The Morgan fingerprint density at radius 1 is 1.13 bits per heavy atom. The quantitative estimate of drug-likeness (QED) is 0.877. The molecule has 0 aliphatic heterocycles. The molecule has 1 atom stereocenters. The zero-order chi connectivity index (χ0) is 17.2. The second-order valence-corrected chi connectivity index (χ2v) is 4.90. The Morgan fingerprint density at radius 2 is 1.74 bits per heavy atom. The molecule has 0 spiro atoms. The van der Waals surface area contributed by atoms with E-state index in [1.54, 1.807) is 6.07 Å². The van der Waals surface area contributed by atoms with E-state index in [0.717, 1.165) is 12.1 Å².